The van der Waals surface area contributed by atoms with E-state index in [4.69, 9.17) is 9.84 Å². The van der Waals surface area contributed by atoms with E-state index in [0.717, 1.165) is 37.8 Å². The second kappa shape index (κ2) is 8.21. The minimum absolute atomic E-state index is 0.0462. The first-order valence-electron chi connectivity index (χ1n) is 9.03. The van der Waals surface area contributed by atoms with Crippen molar-refractivity contribution >= 4 is 17.8 Å². The fraction of sp³-hybridized carbons (Fsp3) is 0.526. The molecule has 0 bridgehead atoms. The van der Waals surface area contributed by atoms with Gasteiger partial charge in [0, 0.05) is 25.6 Å². The Labute approximate surface area is 152 Å². The van der Waals surface area contributed by atoms with Crippen LogP contribution in [-0.4, -0.2) is 47.5 Å². The van der Waals surface area contributed by atoms with Crippen LogP contribution in [0.15, 0.2) is 24.3 Å². The zero-order valence-electron chi connectivity index (χ0n) is 14.6. The number of carboxylic acids is 1. The van der Waals surface area contributed by atoms with Gasteiger partial charge in [-0.1, -0.05) is 12.1 Å². The van der Waals surface area contributed by atoms with Crippen molar-refractivity contribution in [3.8, 4) is 5.75 Å². The van der Waals surface area contributed by atoms with E-state index in [1.165, 1.54) is 0 Å². The van der Waals surface area contributed by atoms with Crippen molar-refractivity contribution in [2.24, 2.45) is 11.8 Å². The highest BCUT2D eigenvalue weighted by atomic mass is 16.5. The predicted molar refractivity (Wildman–Crippen MR) is 93.4 cm³/mol. The number of carbonyl (C=O) groups is 3. The third-order valence-corrected chi connectivity index (χ3v) is 4.76. The van der Waals surface area contributed by atoms with E-state index in [-0.39, 0.29) is 23.7 Å². The van der Waals surface area contributed by atoms with Crippen LogP contribution in [0.5, 0.6) is 5.75 Å². The summed E-state index contributed by atoms with van der Waals surface area (Å²) in [6.07, 6.45) is 3.61. The Kier molecular flexibility index (Phi) is 5.75. The molecule has 0 radical (unpaired) electrons. The Morgan fingerprint density at radius 2 is 2.00 bits per heavy atom. The highest BCUT2D eigenvalue weighted by Crippen LogP contribution is 2.32. The fourth-order valence-corrected chi connectivity index (χ4v) is 3.20. The number of nitrogens with zero attached hydrogens (tertiary/aromatic N) is 1. The number of nitrogens with one attached hydrogen (secondary N) is 1. The van der Waals surface area contributed by atoms with E-state index in [9.17, 15) is 14.4 Å². The molecule has 2 N–H and O–H groups in total. The fourth-order valence-electron chi connectivity index (χ4n) is 3.20. The number of carboxylic acid groups (broad SMARTS) is 1. The molecule has 1 aliphatic carbocycles. The topological polar surface area (TPSA) is 95.9 Å². The Morgan fingerprint density at radius 1 is 1.19 bits per heavy atom. The molecular weight excluding hydrogens is 336 g/mol. The number of amides is 2. The Hall–Kier alpha value is -2.57. The van der Waals surface area contributed by atoms with Crippen molar-refractivity contribution in [3.63, 3.8) is 0 Å². The lowest BCUT2D eigenvalue weighted by atomic mass is 9.96. The van der Waals surface area contributed by atoms with Crippen molar-refractivity contribution in [2.75, 3.05) is 19.7 Å². The second-order valence-corrected chi connectivity index (χ2v) is 6.95. The standard InChI is InChI=1S/C19H24N2O5/c22-17(23)12-26-16-5-1-3-13(9-16)10-20-18(24)15-4-2-8-21(11-15)19(25)14-6-7-14/h1,3,5,9,14-15H,2,4,6-8,10-12H2,(H,20,24)(H,22,23). The summed E-state index contributed by atoms with van der Waals surface area (Å²) in [4.78, 5) is 37.1. The van der Waals surface area contributed by atoms with Crippen molar-refractivity contribution in [2.45, 2.75) is 32.2 Å². The van der Waals surface area contributed by atoms with Crippen LogP contribution in [-0.2, 0) is 20.9 Å². The molecule has 2 amide bonds. The summed E-state index contributed by atoms with van der Waals surface area (Å²) in [5, 5.41) is 11.6. The molecule has 1 saturated carbocycles. The van der Waals surface area contributed by atoms with Gasteiger partial charge in [-0.05, 0) is 43.4 Å². The van der Waals surface area contributed by atoms with E-state index in [2.05, 4.69) is 5.32 Å². The van der Waals surface area contributed by atoms with Gasteiger partial charge in [0.15, 0.2) is 6.61 Å². The van der Waals surface area contributed by atoms with Gasteiger partial charge in [-0.3, -0.25) is 9.59 Å². The minimum Gasteiger partial charge on any atom is -0.482 e. The van der Waals surface area contributed by atoms with Gasteiger partial charge in [0.2, 0.25) is 11.8 Å². The van der Waals surface area contributed by atoms with Gasteiger partial charge in [-0.15, -0.1) is 0 Å². The lowest BCUT2D eigenvalue weighted by Crippen LogP contribution is -2.45. The van der Waals surface area contributed by atoms with Crippen LogP contribution in [0.2, 0.25) is 0 Å². The maximum absolute atomic E-state index is 12.5. The Bertz CT molecular complexity index is 686. The highest BCUT2D eigenvalue weighted by molar-refractivity contribution is 5.83. The number of ether oxygens (including phenoxy) is 1. The number of hydrogen-bond acceptors (Lipinski definition) is 4. The first kappa shape index (κ1) is 18.2. The van der Waals surface area contributed by atoms with Gasteiger partial charge in [0.1, 0.15) is 5.75 Å². The molecule has 1 atom stereocenters. The summed E-state index contributed by atoms with van der Waals surface area (Å²) < 4.78 is 5.14. The summed E-state index contributed by atoms with van der Waals surface area (Å²) in [6.45, 7) is 1.20. The van der Waals surface area contributed by atoms with Crippen LogP contribution in [0.25, 0.3) is 0 Å². The van der Waals surface area contributed by atoms with Crippen molar-refractivity contribution in [1.29, 1.82) is 0 Å². The zero-order chi connectivity index (χ0) is 18.5. The third-order valence-electron chi connectivity index (χ3n) is 4.76. The number of hydrogen-bond donors (Lipinski definition) is 2. The number of carbonyl (C=O) groups excluding carboxylic acids is 2. The lowest BCUT2D eigenvalue weighted by molar-refractivity contribution is -0.139. The number of benzene rings is 1. The van der Waals surface area contributed by atoms with E-state index in [0.29, 0.717) is 18.8 Å². The zero-order valence-corrected chi connectivity index (χ0v) is 14.6. The molecule has 1 aromatic carbocycles. The van der Waals surface area contributed by atoms with Crippen LogP contribution in [0.4, 0.5) is 0 Å². The first-order valence-corrected chi connectivity index (χ1v) is 9.03. The van der Waals surface area contributed by atoms with E-state index in [1.54, 1.807) is 18.2 Å². The van der Waals surface area contributed by atoms with Gasteiger partial charge in [0.05, 0.1) is 5.92 Å². The molecule has 26 heavy (non-hydrogen) atoms. The monoisotopic (exact) mass is 360 g/mol. The minimum atomic E-state index is -1.04. The highest BCUT2D eigenvalue weighted by Gasteiger charge is 2.36. The maximum Gasteiger partial charge on any atom is 0.341 e. The maximum atomic E-state index is 12.5. The quantitative estimate of drug-likeness (QED) is 0.767. The largest absolute Gasteiger partial charge is 0.482 e. The van der Waals surface area contributed by atoms with Crippen LogP contribution >= 0.6 is 0 Å². The molecular formula is C19H24N2O5. The van der Waals surface area contributed by atoms with E-state index in [1.807, 2.05) is 11.0 Å². The lowest BCUT2D eigenvalue weighted by Gasteiger charge is -2.32. The average Bonchev–Trinajstić information content (AvgIpc) is 3.49. The summed E-state index contributed by atoms with van der Waals surface area (Å²) >= 11 is 0. The number of piperidine rings is 1. The molecule has 2 aliphatic rings. The molecule has 1 aliphatic heterocycles. The van der Waals surface area contributed by atoms with Crippen LogP contribution in [0, 0.1) is 11.8 Å². The summed E-state index contributed by atoms with van der Waals surface area (Å²) in [6, 6.07) is 7.00. The van der Waals surface area contributed by atoms with Gasteiger partial charge >= 0.3 is 5.97 Å². The van der Waals surface area contributed by atoms with Crippen LogP contribution < -0.4 is 10.1 Å². The van der Waals surface area contributed by atoms with Crippen molar-refractivity contribution in [3.05, 3.63) is 29.8 Å². The van der Waals surface area contributed by atoms with Gasteiger partial charge in [0.25, 0.3) is 0 Å². The van der Waals surface area contributed by atoms with Gasteiger partial charge in [-0.2, -0.15) is 0 Å². The second-order valence-electron chi connectivity index (χ2n) is 6.95. The third kappa shape index (κ3) is 4.97. The van der Waals surface area contributed by atoms with Crippen LogP contribution in [0.1, 0.15) is 31.2 Å². The smallest absolute Gasteiger partial charge is 0.341 e. The molecule has 0 spiro atoms. The Balaban J connectivity index is 1.49. The SMILES string of the molecule is O=C(O)COc1cccc(CNC(=O)C2CCCN(C(=O)C3CC3)C2)c1. The number of likely N-dealkylation sites (tertiary alicyclic amines) is 1. The number of rotatable bonds is 7. The van der Waals surface area contributed by atoms with Crippen molar-refractivity contribution in [1.82, 2.24) is 10.2 Å². The predicted octanol–water partition coefficient (Wildman–Crippen LogP) is 1.41. The summed E-state index contributed by atoms with van der Waals surface area (Å²) in [5.41, 5.74) is 0.836. The molecule has 0 aromatic heterocycles. The molecule has 1 saturated heterocycles. The van der Waals surface area contributed by atoms with Gasteiger partial charge < -0.3 is 20.1 Å². The first-order chi connectivity index (χ1) is 12.5. The molecule has 3 rings (SSSR count). The van der Waals surface area contributed by atoms with Crippen molar-refractivity contribution < 1.29 is 24.2 Å². The van der Waals surface area contributed by atoms with Gasteiger partial charge in [-0.25, -0.2) is 4.79 Å². The molecule has 1 unspecified atom stereocenters. The average molecular weight is 360 g/mol. The Morgan fingerprint density at radius 3 is 2.73 bits per heavy atom. The van der Waals surface area contributed by atoms with Crippen LogP contribution in [0.3, 0.4) is 0 Å². The molecule has 7 nitrogen and oxygen atoms in total. The molecule has 1 aromatic rings. The molecule has 7 heteroatoms. The molecule has 1 heterocycles. The number of aliphatic carboxylic acids is 1. The summed E-state index contributed by atoms with van der Waals surface area (Å²) in [7, 11) is 0. The van der Waals surface area contributed by atoms with E-state index < -0.39 is 12.6 Å². The van der Waals surface area contributed by atoms with E-state index >= 15 is 0 Å². The molecule has 2 fully saturated rings. The normalized spacial score (nSPS) is 19.7. The molecule has 140 valence electrons. The summed E-state index contributed by atoms with van der Waals surface area (Å²) in [5.74, 6) is -0.409.